The summed E-state index contributed by atoms with van der Waals surface area (Å²) in [6.07, 6.45) is 2.20. The molecule has 1 aliphatic carbocycles. The smallest absolute Gasteiger partial charge is 0.142 e. The van der Waals surface area contributed by atoms with Crippen LogP contribution in [-0.4, -0.2) is 33.4 Å². The zero-order chi connectivity index (χ0) is 12.5. The molecule has 94 valence electrons. The third-order valence-electron chi connectivity index (χ3n) is 3.24. The molecular weight excluding hydrogens is 216 g/mol. The Balaban J connectivity index is 2.21. The Hall–Kier alpha value is -1.42. The number of methoxy groups -OCH3 is 2. The van der Waals surface area contributed by atoms with E-state index < -0.39 is 0 Å². The number of hydrogen-bond acceptors (Lipinski definition) is 4. The van der Waals surface area contributed by atoms with Crippen LogP contribution in [0.2, 0.25) is 0 Å². The summed E-state index contributed by atoms with van der Waals surface area (Å²) in [4.78, 5) is 2.13. The van der Waals surface area contributed by atoms with Gasteiger partial charge in [-0.3, -0.25) is 0 Å². The third-order valence-corrected chi connectivity index (χ3v) is 3.24. The molecule has 0 heterocycles. The van der Waals surface area contributed by atoms with Gasteiger partial charge in [-0.1, -0.05) is 0 Å². The van der Waals surface area contributed by atoms with Gasteiger partial charge in [-0.2, -0.15) is 0 Å². The first-order valence-electron chi connectivity index (χ1n) is 5.80. The molecule has 2 N–H and O–H groups in total. The van der Waals surface area contributed by atoms with Gasteiger partial charge in [-0.15, -0.1) is 0 Å². The molecule has 0 atom stereocenters. The summed E-state index contributed by atoms with van der Waals surface area (Å²) >= 11 is 0. The summed E-state index contributed by atoms with van der Waals surface area (Å²) < 4.78 is 10.6. The fourth-order valence-electron chi connectivity index (χ4n) is 1.97. The van der Waals surface area contributed by atoms with Gasteiger partial charge in [0.1, 0.15) is 11.5 Å². The van der Waals surface area contributed by atoms with Gasteiger partial charge in [-0.05, 0) is 25.0 Å². The first-order valence-corrected chi connectivity index (χ1v) is 5.80. The van der Waals surface area contributed by atoms with Crippen molar-refractivity contribution in [3.63, 3.8) is 0 Å². The summed E-state index contributed by atoms with van der Waals surface area (Å²) in [5.74, 6) is 1.67. The van der Waals surface area contributed by atoms with Gasteiger partial charge in [0.15, 0.2) is 0 Å². The zero-order valence-corrected chi connectivity index (χ0v) is 10.7. The van der Waals surface area contributed by atoms with Crippen LogP contribution in [0.5, 0.6) is 11.5 Å². The maximum Gasteiger partial charge on any atom is 0.142 e. The molecule has 1 aliphatic rings. The van der Waals surface area contributed by atoms with Crippen molar-refractivity contribution in [2.24, 2.45) is 5.73 Å². The van der Waals surface area contributed by atoms with E-state index >= 15 is 0 Å². The summed E-state index contributed by atoms with van der Waals surface area (Å²) in [6.45, 7) is 0.844. The van der Waals surface area contributed by atoms with Crippen LogP contribution in [0.25, 0.3) is 0 Å². The quantitative estimate of drug-likeness (QED) is 0.844. The second-order valence-corrected chi connectivity index (χ2v) is 4.76. The van der Waals surface area contributed by atoms with E-state index in [0.29, 0.717) is 0 Å². The Labute approximate surface area is 102 Å². The van der Waals surface area contributed by atoms with Crippen molar-refractivity contribution in [3.8, 4) is 11.5 Å². The fourth-order valence-corrected chi connectivity index (χ4v) is 1.97. The summed E-state index contributed by atoms with van der Waals surface area (Å²) in [5.41, 5.74) is 7.14. The van der Waals surface area contributed by atoms with E-state index in [9.17, 15) is 0 Å². The first kappa shape index (κ1) is 12.0. The van der Waals surface area contributed by atoms with E-state index in [1.54, 1.807) is 14.2 Å². The minimum Gasteiger partial charge on any atom is -0.497 e. The minimum atomic E-state index is -0.0111. The van der Waals surface area contributed by atoms with E-state index in [1.165, 1.54) is 0 Å². The Morgan fingerprint density at radius 3 is 2.53 bits per heavy atom. The second kappa shape index (κ2) is 4.45. The van der Waals surface area contributed by atoms with Crippen molar-refractivity contribution >= 4 is 5.69 Å². The predicted molar refractivity (Wildman–Crippen MR) is 69.0 cm³/mol. The van der Waals surface area contributed by atoms with Gasteiger partial charge in [0.05, 0.1) is 19.9 Å². The third kappa shape index (κ3) is 2.64. The van der Waals surface area contributed by atoms with E-state index in [0.717, 1.165) is 36.6 Å². The van der Waals surface area contributed by atoms with Crippen LogP contribution in [0.15, 0.2) is 18.2 Å². The molecule has 0 bridgehead atoms. The van der Waals surface area contributed by atoms with Gasteiger partial charge >= 0.3 is 0 Å². The standard InChI is InChI=1S/C13H20N2O2/c1-15(9-13(14)6-7-13)11-8-10(16-2)4-5-12(11)17-3/h4-5,8H,6-7,9,14H2,1-3H3. The number of ether oxygens (including phenoxy) is 2. The molecule has 0 spiro atoms. The second-order valence-electron chi connectivity index (χ2n) is 4.76. The van der Waals surface area contributed by atoms with Crippen molar-refractivity contribution < 1.29 is 9.47 Å². The van der Waals surface area contributed by atoms with Gasteiger partial charge in [0, 0.05) is 25.2 Å². The molecule has 4 heteroatoms. The number of anilines is 1. The van der Waals surface area contributed by atoms with Crippen LogP contribution in [0.3, 0.4) is 0 Å². The number of likely N-dealkylation sites (N-methyl/N-ethyl adjacent to an activating group) is 1. The van der Waals surface area contributed by atoms with E-state index in [-0.39, 0.29) is 5.54 Å². The van der Waals surface area contributed by atoms with E-state index in [2.05, 4.69) is 4.90 Å². The fraction of sp³-hybridized carbons (Fsp3) is 0.538. The molecule has 0 unspecified atom stereocenters. The number of nitrogens with zero attached hydrogens (tertiary/aromatic N) is 1. The van der Waals surface area contributed by atoms with Gasteiger partial charge < -0.3 is 20.1 Å². The maximum atomic E-state index is 6.13. The summed E-state index contributed by atoms with van der Waals surface area (Å²) in [7, 11) is 5.37. The lowest BCUT2D eigenvalue weighted by Crippen LogP contribution is -2.37. The normalized spacial score (nSPS) is 16.5. The van der Waals surface area contributed by atoms with Crippen LogP contribution < -0.4 is 20.1 Å². The number of rotatable bonds is 5. The Bertz CT molecular complexity index is 402. The number of benzene rings is 1. The molecule has 1 saturated carbocycles. The Kier molecular flexibility index (Phi) is 3.15. The largest absolute Gasteiger partial charge is 0.497 e. The highest BCUT2D eigenvalue weighted by molar-refractivity contribution is 5.61. The zero-order valence-electron chi connectivity index (χ0n) is 10.7. The minimum absolute atomic E-state index is 0.0111. The molecule has 1 aromatic carbocycles. The highest BCUT2D eigenvalue weighted by Crippen LogP contribution is 2.37. The van der Waals surface area contributed by atoms with E-state index in [4.69, 9.17) is 15.2 Å². The molecule has 0 amide bonds. The van der Waals surface area contributed by atoms with Gasteiger partial charge in [-0.25, -0.2) is 0 Å². The highest BCUT2D eigenvalue weighted by atomic mass is 16.5. The summed E-state index contributed by atoms with van der Waals surface area (Å²) in [5, 5.41) is 0. The van der Waals surface area contributed by atoms with Crippen LogP contribution in [0, 0.1) is 0 Å². The van der Waals surface area contributed by atoms with Crippen molar-refractivity contribution in [2.45, 2.75) is 18.4 Å². The van der Waals surface area contributed by atoms with Crippen LogP contribution in [0.1, 0.15) is 12.8 Å². The lowest BCUT2D eigenvalue weighted by Gasteiger charge is -2.25. The van der Waals surface area contributed by atoms with E-state index in [1.807, 2.05) is 25.2 Å². The Morgan fingerprint density at radius 2 is 2.00 bits per heavy atom. The van der Waals surface area contributed by atoms with Crippen LogP contribution >= 0.6 is 0 Å². The molecule has 1 aromatic rings. The number of nitrogens with two attached hydrogens (primary N) is 1. The molecule has 2 rings (SSSR count). The molecule has 0 aromatic heterocycles. The number of hydrogen-bond donors (Lipinski definition) is 1. The highest BCUT2D eigenvalue weighted by Gasteiger charge is 2.39. The van der Waals surface area contributed by atoms with Crippen molar-refractivity contribution in [3.05, 3.63) is 18.2 Å². The monoisotopic (exact) mass is 236 g/mol. The molecule has 0 radical (unpaired) electrons. The molecule has 17 heavy (non-hydrogen) atoms. The predicted octanol–water partition coefficient (Wildman–Crippen LogP) is 1.63. The van der Waals surface area contributed by atoms with Gasteiger partial charge in [0.2, 0.25) is 0 Å². The van der Waals surface area contributed by atoms with Crippen molar-refractivity contribution in [1.29, 1.82) is 0 Å². The maximum absolute atomic E-state index is 6.13. The average Bonchev–Trinajstić information content (AvgIpc) is 3.05. The van der Waals surface area contributed by atoms with Gasteiger partial charge in [0.25, 0.3) is 0 Å². The Morgan fingerprint density at radius 1 is 1.29 bits per heavy atom. The van der Waals surface area contributed by atoms with Crippen LogP contribution in [0.4, 0.5) is 5.69 Å². The topological polar surface area (TPSA) is 47.7 Å². The SMILES string of the molecule is COc1ccc(OC)c(N(C)CC2(N)CC2)c1. The lowest BCUT2D eigenvalue weighted by molar-refractivity contribution is 0.403. The average molecular weight is 236 g/mol. The molecule has 0 aliphatic heterocycles. The molecule has 4 nitrogen and oxygen atoms in total. The molecule has 1 fully saturated rings. The molecule has 0 saturated heterocycles. The van der Waals surface area contributed by atoms with Crippen molar-refractivity contribution in [1.82, 2.24) is 0 Å². The van der Waals surface area contributed by atoms with Crippen molar-refractivity contribution in [2.75, 3.05) is 32.7 Å². The summed E-state index contributed by atoms with van der Waals surface area (Å²) in [6, 6.07) is 5.79. The first-order chi connectivity index (χ1) is 8.08. The van der Waals surface area contributed by atoms with Crippen LogP contribution in [-0.2, 0) is 0 Å². The molecular formula is C13H20N2O2. The lowest BCUT2D eigenvalue weighted by atomic mass is 10.2.